The van der Waals surface area contributed by atoms with Crippen LogP contribution in [0.1, 0.15) is 13.8 Å². The normalized spacial score (nSPS) is 14.7. The van der Waals surface area contributed by atoms with Gasteiger partial charge in [0.2, 0.25) is 0 Å². The van der Waals surface area contributed by atoms with Gasteiger partial charge in [0.15, 0.2) is 0 Å². The predicted octanol–water partition coefficient (Wildman–Crippen LogP) is 1.90. The molecule has 0 heterocycles. The quantitative estimate of drug-likeness (QED) is 0.510. The second-order valence-electron chi connectivity index (χ2n) is 2.21. The molecule has 76 valence electrons. The van der Waals surface area contributed by atoms with Gasteiger partial charge in [0.25, 0.3) is 0 Å². The number of carbonyl (C=O) groups is 1. The Kier molecular flexibility index (Phi) is 4.91. The molecule has 1 unspecified atom stereocenters. The molecule has 0 spiro atoms. The van der Waals surface area contributed by atoms with Gasteiger partial charge in [-0.25, -0.2) is 9.36 Å². The van der Waals surface area contributed by atoms with Gasteiger partial charge in [-0.3, -0.25) is 9.05 Å². The van der Waals surface area contributed by atoms with Crippen molar-refractivity contribution in [3.8, 4) is 0 Å². The number of hydrogen-bond acceptors (Lipinski definition) is 5. The Morgan fingerprint density at radius 1 is 1.54 bits per heavy atom. The van der Waals surface area contributed by atoms with Crippen molar-refractivity contribution in [1.82, 2.24) is 0 Å². The molecule has 0 aliphatic rings. The van der Waals surface area contributed by atoms with Gasteiger partial charge in [0.05, 0.1) is 6.61 Å². The van der Waals surface area contributed by atoms with E-state index in [1.807, 2.05) is 0 Å². The lowest BCUT2D eigenvalue weighted by Gasteiger charge is -2.13. The van der Waals surface area contributed by atoms with Crippen molar-refractivity contribution in [3.05, 3.63) is 12.2 Å². The van der Waals surface area contributed by atoms with E-state index in [0.717, 1.165) is 7.11 Å². The van der Waals surface area contributed by atoms with Crippen molar-refractivity contribution in [2.75, 3.05) is 13.7 Å². The van der Waals surface area contributed by atoms with Crippen molar-refractivity contribution in [2.24, 2.45) is 0 Å². The van der Waals surface area contributed by atoms with E-state index in [1.165, 1.54) is 6.92 Å². The first-order chi connectivity index (χ1) is 5.95. The van der Waals surface area contributed by atoms with E-state index in [-0.39, 0.29) is 12.2 Å². The largest absolute Gasteiger partial charge is 0.532 e. The summed E-state index contributed by atoms with van der Waals surface area (Å²) in [6, 6.07) is 0. The Balaban J connectivity index is 4.36. The number of carbonyl (C=O) groups excluding carboxylic acids is 1. The molecule has 0 aromatic rings. The molecule has 0 radical (unpaired) electrons. The molecule has 0 aliphatic carbocycles. The molecular weight excluding hydrogens is 195 g/mol. The number of phosphoric ester groups is 1. The maximum Gasteiger partial charge on any atom is 0.532 e. The summed E-state index contributed by atoms with van der Waals surface area (Å²) in [6.07, 6.45) is 0. The van der Waals surface area contributed by atoms with E-state index < -0.39 is 13.8 Å². The van der Waals surface area contributed by atoms with Gasteiger partial charge in [0.1, 0.15) is 0 Å². The summed E-state index contributed by atoms with van der Waals surface area (Å²) in [5, 5.41) is 0. The fraction of sp³-hybridized carbons (Fsp3) is 0.571. The molecule has 0 amide bonds. The summed E-state index contributed by atoms with van der Waals surface area (Å²) in [4.78, 5) is 10.9. The first kappa shape index (κ1) is 12.4. The van der Waals surface area contributed by atoms with Crippen molar-refractivity contribution >= 4 is 13.8 Å². The highest BCUT2D eigenvalue weighted by molar-refractivity contribution is 7.49. The third-order valence-corrected chi connectivity index (χ3v) is 2.47. The van der Waals surface area contributed by atoms with Crippen molar-refractivity contribution < 1.29 is 22.9 Å². The topological polar surface area (TPSA) is 61.8 Å². The molecule has 5 nitrogen and oxygen atoms in total. The van der Waals surface area contributed by atoms with Crippen LogP contribution in [0.2, 0.25) is 0 Å². The molecule has 1 atom stereocenters. The minimum Gasteiger partial charge on any atom is -0.367 e. The molecule has 0 aromatic heterocycles. The van der Waals surface area contributed by atoms with Crippen LogP contribution in [0.5, 0.6) is 0 Å². The maximum atomic E-state index is 11.4. The lowest BCUT2D eigenvalue weighted by atomic mass is 10.4. The zero-order chi connectivity index (χ0) is 10.5. The Morgan fingerprint density at radius 2 is 2.08 bits per heavy atom. The molecule has 13 heavy (non-hydrogen) atoms. The van der Waals surface area contributed by atoms with Gasteiger partial charge in [-0.1, -0.05) is 6.58 Å². The van der Waals surface area contributed by atoms with E-state index in [1.54, 1.807) is 6.92 Å². The van der Waals surface area contributed by atoms with Crippen LogP contribution >= 0.6 is 7.82 Å². The van der Waals surface area contributed by atoms with Crippen LogP contribution in [0.4, 0.5) is 0 Å². The molecule has 0 rings (SSSR count). The second-order valence-corrected chi connectivity index (χ2v) is 3.91. The van der Waals surface area contributed by atoms with Gasteiger partial charge in [-0.05, 0) is 13.8 Å². The molecular formula is C7H13O5P. The molecule has 0 bridgehead atoms. The fourth-order valence-electron chi connectivity index (χ4n) is 0.454. The Hall–Kier alpha value is -0.640. The Morgan fingerprint density at radius 3 is 2.38 bits per heavy atom. The summed E-state index contributed by atoms with van der Waals surface area (Å²) in [6.45, 7) is 6.51. The zero-order valence-corrected chi connectivity index (χ0v) is 8.80. The molecule has 0 aromatic carbocycles. The van der Waals surface area contributed by atoms with Gasteiger partial charge in [-0.15, -0.1) is 0 Å². The Labute approximate surface area is 77.3 Å². The lowest BCUT2D eigenvalue weighted by Crippen LogP contribution is -2.06. The van der Waals surface area contributed by atoms with Gasteiger partial charge in [0, 0.05) is 12.7 Å². The van der Waals surface area contributed by atoms with Crippen LogP contribution in [0.15, 0.2) is 12.2 Å². The third-order valence-electron chi connectivity index (χ3n) is 1.05. The highest BCUT2D eigenvalue weighted by Gasteiger charge is 2.28. The highest BCUT2D eigenvalue weighted by atomic mass is 31.2. The summed E-state index contributed by atoms with van der Waals surface area (Å²) < 4.78 is 24.9. The van der Waals surface area contributed by atoms with Gasteiger partial charge < -0.3 is 4.52 Å². The number of phosphoric acid groups is 1. The number of hydrogen-bond donors (Lipinski definition) is 0. The zero-order valence-electron chi connectivity index (χ0n) is 7.90. The van der Waals surface area contributed by atoms with Crippen LogP contribution in [0.3, 0.4) is 0 Å². The predicted molar refractivity (Wildman–Crippen MR) is 47.1 cm³/mol. The molecule has 0 saturated heterocycles. The summed E-state index contributed by atoms with van der Waals surface area (Å²) in [5.41, 5.74) is 0.136. The number of rotatable bonds is 5. The first-order valence-electron chi connectivity index (χ1n) is 3.65. The monoisotopic (exact) mass is 208 g/mol. The van der Waals surface area contributed by atoms with E-state index in [9.17, 15) is 9.36 Å². The van der Waals surface area contributed by atoms with Crippen molar-refractivity contribution in [2.45, 2.75) is 13.8 Å². The van der Waals surface area contributed by atoms with Crippen LogP contribution in [-0.4, -0.2) is 19.7 Å². The van der Waals surface area contributed by atoms with Crippen molar-refractivity contribution in [1.29, 1.82) is 0 Å². The van der Waals surface area contributed by atoms with Crippen molar-refractivity contribution in [3.63, 3.8) is 0 Å². The maximum absolute atomic E-state index is 11.4. The van der Waals surface area contributed by atoms with E-state index in [4.69, 9.17) is 0 Å². The molecule has 0 aliphatic heterocycles. The van der Waals surface area contributed by atoms with Gasteiger partial charge in [-0.2, -0.15) is 0 Å². The van der Waals surface area contributed by atoms with Crippen LogP contribution in [-0.2, 0) is 22.9 Å². The molecule has 0 saturated carbocycles. The third kappa shape index (κ3) is 4.22. The van der Waals surface area contributed by atoms with E-state index >= 15 is 0 Å². The van der Waals surface area contributed by atoms with Crippen LogP contribution in [0, 0.1) is 0 Å². The minimum atomic E-state index is -3.72. The Bertz CT molecular complexity index is 247. The van der Waals surface area contributed by atoms with E-state index in [0.29, 0.717) is 0 Å². The lowest BCUT2D eigenvalue weighted by molar-refractivity contribution is -0.131. The molecule has 0 fully saturated rings. The minimum absolute atomic E-state index is 0.134. The standard InChI is InChI=1S/C7H13O5P/c1-5-11-13(9,10-4)12-7(8)6(2)3/h2,5H2,1,3-4H3. The fourth-order valence-corrected chi connectivity index (χ4v) is 1.36. The summed E-state index contributed by atoms with van der Waals surface area (Å²) in [5.74, 6) is -0.793. The highest BCUT2D eigenvalue weighted by Crippen LogP contribution is 2.48. The molecule has 0 N–H and O–H groups in total. The van der Waals surface area contributed by atoms with Crippen LogP contribution < -0.4 is 0 Å². The first-order valence-corrected chi connectivity index (χ1v) is 5.11. The summed E-state index contributed by atoms with van der Waals surface area (Å²) in [7, 11) is -2.58. The van der Waals surface area contributed by atoms with E-state index in [2.05, 4.69) is 20.2 Å². The average Bonchev–Trinajstić information content (AvgIpc) is 2.04. The van der Waals surface area contributed by atoms with Crippen LogP contribution in [0.25, 0.3) is 0 Å². The summed E-state index contributed by atoms with van der Waals surface area (Å²) >= 11 is 0. The smallest absolute Gasteiger partial charge is 0.367 e. The van der Waals surface area contributed by atoms with Gasteiger partial charge >= 0.3 is 13.8 Å². The average molecular weight is 208 g/mol. The molecule has 6 heteroatoms. The second kappa shape index (κ2) is 5.17. The SMILES string of the molecule is C=C(C)C(=O)OP(=O)(OC)OCC.